The van der Waals surface area contributed by atoms with Crippen LogP contribution in [0.4, 0.5) is 0 Å². The monoisotopic (exact) mass is 344 g/mol. The Hall–Kier alpha value is -0.680. The van der Waals surface area contributed by atoms with E-state index < -0.39 is 0 Å². The third-order valence-corrected chi connectivity index (χ3v) is 5.33. The summed E-state index contributed by atoms with van der Waals surface area (Å²) in [5, 5.41) is 0.651. The molecule has 3 atom stereocenters. The van der Waals surface area contributed by atoms with Crippen LogP contribution in [0, 0.1) is 11.8 Å². The van der Waals surface area contributed by atoms with Crippen molar-refractivity contribution in [2.75, 3.05) is 26.3 Å². The highest BCUT2D eigenvalue weighted by atomic mass is 35.5. The summed E-state index contributed by atoms with van der Waals surface area (Å²) in [6.45, 7) is 4.34. The lowest BCUT2D eigenvalue weighted by Crippen LogP contribution is -2.30. The van der Waals surface area contributed by atoms with Crippen molar-refractivity contribution in [1.82, 2.24) is 4.90 Å². The van der Waals surface area contributed by atoms with Gasteiger partial charge in [-0.1, -0.05) is 11.6 Å². The highest BCUT2D eigenvalue weighted by molar-refractivity contribution is 6.32. The largest absolute Gasteiger partial charge is 0.486 e. The van der Waals surface area contributed by atoms with Gasteiger partial charge in [-0.3, -0.25) is 4.90 Å². The number of benzene rings is 1. The third kappa shape index (κ3) is 2.90. The van der Waals surface area contributed by atoms with Crippen molar-refractivity contribution < 1.29 is 9.47 Å². The highest BCUT2D eigenvalue weighted by Gasteiger charge is 2.40. The quantitative estimate of drug-likeness (QED) is 0.895. The van der Waals surface area contributed by atoms with Gasteiger partial charge in [-0.2, -0.15) is 0 Å². The molecule has 2 heterocycles. The molecule has 0 bridgehead atoms. The van der Waals surface area contributed by atoms with E-state index in [0.29, 0.717) is 35.9 Å². The van der Waals surface area contributed by atoms with Gasteiger partial charge in [0.05, 0.1) is 5.02 Å². The predicted molar refractivity (Wildman–Crippen MR) is 89.2 cm³/mol. The molecule has 0 radical (unpaired) electrons. The maximum absolute atomic E-state index is 6.31. The summed E-state index contributed by atoms with van der Waals surface area (Å²) in [7, 11) is 0. The van der Waals surface area contributed by atoms with E-state index in [9.17, 15) is 0 Å². The smallest absolute Gasteiger partial charge is 0.179 e. The SMILES string of the molecule is Cl.NC1CCC2CN(Cc3cc(Cl)c4c(c3)OCCO4)CC12. The van der Waals surface area contributed by atoms with Crippen molar-refractivity contribution in [2.24, 2.45) is 17.6 Å². The van der Waals surface area contributed by atoms with Crippen LogP contribution in [0.5, 0.6) is 11.5 Å². The fourth-order valence-electron chi connectivity index (χ4n) is 4.04. The van der Waals surface area contributed by atoms with Gasteiger partial charge >= 0.3 is 0 Å². The van der Waals surface area contributed by atoms with Gasteiger partial charge < -0.3 is 15.2 Å². The van der Waals surface area contributed by atoms with Crippen molar-refractivity contribution in [2.45, 2.75) is 25.4 Å². The summed E-state index contributed by atoms with van der Waals surface area (Å²) in [4.78, 5) is 2.50. The van der Waals surface area contributed by atoms with Crippen molar-refractivity contribution in [3.05, 3.63) is 22.7 Å². The molecule has 1 aliphatic carbocycles. The molecule has 6 heteroatoms. The van der Waals surface area contributed by atoms with E-state index in [1.807, 2.05) is 6.07 Å². The lowest BCUT2D eigenvalue weighted by Gasteiger charge is -2.22. The lowest BCUT2D eigenvalue weighted by atomic mass is 9.98. The molecule has 1 saturated heterocycles. The summed E-state index contributed by atoms with van der Waals surface area (Å²) < 4.78 is 11.2. The minimum atomic E-state index is 0. The standard InChI is InChI=1S/C16H21ClN2O2.ClH/c17-13-5-10(6-15-16(13)21-4-3-20-15)7-19-8-11-1-2-14(18)12(11)9-19;/h5-6,11-12,14H,1-4,7-9,18H2;1H. The van der Waals surface area contributed by atoms with Gasteiger partial charge in [-0.25, -0.2) is 0 Å². The maximum atomic E-state index is 6.31. The second kappa shape index (κ2) is 6.44. The molecule has 122 valence electrons. The van der Waals surface area contributed by atoms with Gasteiger partial charge in [-0.15, -0.1) is 12.4 Å². The zero-order valence-electron chi connectivity index (χ0n) is 12.5. The average Bonchev–Trinajstić information content (AvgIpc) is 3.01. The minimum absolute atomic E-state index is 0. The Morgan fingerprint density at radius 2 is 2.00 bits per heavy atom. The van der Waals surface area contributed by atoms with Crippen LogP contribution in [0.1, 0.15) is 18.4 Å². The lowest BCUT2D eigenvalue weighted by molar-refractivity contribution is 0.171. The molecule has 2 N–H and O–H groups in total. The topological polar surface area (TPSA) is 47.7 Å². The van der Waals surface area contributed by atoms with Gasteiger partial charge in [0.1, 0.15) is 13.2 Å². The number of likely N-dealkylation sites (tertiary alicyclic amines) is 1. The summed E-state index contributed by atoms with van der Waals surface area (Å²) in [6, 6.07) is 4.46. The molecule has 4 nitrogen and oxygen atoms in total. The van der Waals surface area contributed by atoms with Gasteiger partial charge in [0.25, 0.3) is 0 Å². The van der Waals surface area contributed by atoms with Crippen molar-refractivity contribution in [1.29, 1.82) is 0 Å². The molecule has 2 aliphatic heterocycles. The predicted octanol–water partition coefficient (Wildman–Crippen LogP) is 2.70. The zero-order chi connectivity index (χ0) is 14.4. The van der Waals surface area contributed by atoms with Gasteiger partial charge in [-0.05, 0) is 42.4 Å². The molecule has 0 aromatic heterocycles. The number of ether oxygens (including phenoxy) is 2. The molecule has 0 spiro atoms. The minimum Gasteiger partial charge on any atom is -0.486 e. The maximum Gasteiger partial charge on any atom is 0.179 e. The average molecular weight is 345 g/mol. The Balaban J connectivity index is 0.00000144. The molecule has 1 aromatic carbocycles. The van der Waals surface area contributed by atoms with Crippen molar-refractivity contribution in [3.8, 4) is 11.5 Å². The fourth-order valence-corrected chi connectivity index (χ4v) is 4.33. The molecular formula is C16H22Cl2N2O2. The van der Waals surface area contributed by atoms with Crippen LogP contribution < -0.4 is 15.2 Å². The fraction of sp³-hybridized carbons (Fsp3) is 0.625. The molecule has 22 heavy (non-hydrogen) atoms. The van der Waals surface area contributed by atoms with E-state index in [1.54, 1.807) is 0 Å². The first-order valence-electron chi connectivity index (χ1n) is 7.76. The molecule has 4 rings (SSSR count). The van der Waals surface area contributed by atoms with E-state index >= 15 is 0 Å². The Morgan fingerprint density at radius 1 is 1.18 bits per heavy atom. The number of halogens is 2. The van der Waals surface area contributed by atoms with Gasteiger partial charge in [0, 0.05) is 25.7 Å². The molecule has 3 aliphatic rings. The van der Waals surface area contributed by atoms with Crippen molar-refractivity contribution >= 4 is 24.0 Å². The zero-order valence-corrected chi connectivity index (χ0v) is 14.0. The van der Waals surface area contributed by atoms with Crippen LogP contribution in [-0.2, 0) is 6.54 Å². The number of nitrogens with two attached hydrogens (primary N) is 1. The highest BCUT2D eigenvalue weighted by Crippen LogP contribution is 2.40. The normalized spacial score (nSPS) is 30.0. The Kier molecular flexibility index (Phi) is 4.74. The van der Waals surface area contributed by atoms with Crippen LogP contribution in [0.25, 0.3) is 0 Å². The van der Waals surface area contributed by atoms with Crippen molar-refractivity contribution in [3.63, 3.8) is 0 Å². The number of nitrogens with zero attached hydrogens (tertiary/aromatic N) is 1. The molecule has 0 amide bonds. The molecule has 3 unspecified atom stereocenters. The van der Waals surface area contributed by atoms with E-state index in [-0.39, 0.29) is 12.4 Å². The summed E-state index contributed by atoms with van der Waals surface area (Å²) in [5.74, 6) is 2.93. The van der Waals surface area contributed by atoms with Crippen LogP contribution in [0.3, 0.4) is 0 Å². The molecular weight excluding hydrogens is 323 g/mol. The second-order valence-electron chi connectivity index (χ2n) is 6.46. The number of fused-ring (bicyclic) bond motifs is 2. The number of hydrogen-bond donors (Lipinski definition) is 1. The van der Waals surface area contributed by atoms with Crippen LogP contribution in [0.15, 0.2) is 12.1 Å². The summed E-state index contributed by atoms with van der Waals surface area (Å²) in [5.41, 5.74) is 7.40. The van der Waals surface area contributed by atoms with Crippen LogP contribution in [0.2, 0.25) is 5.02 Å². The first-order chi connectivity index (χ1) is 10.2. The third-order valence-electron chi connectivity index (χ3n) is 5.05. The van der Waals surface area contributed by atoms with E-state index in [4.69, 9.17) is 26.8 Å². The first kappa shape index (κ1) is 16.2. The van der Waals surface area contributed by atoms with Crippen LogP contribution >= 0.6 is 24.0 Å². The number of rotatable bonds is 2. The van der Waals surface area contributed by atoms with Gasteiger partial charge in [0.2, 0.25) is 0 Å². The van der Waals surface area contributed by atoms with E-state index in [0.717, 1.165) is 31.3 Å². The molecule has 1 aromatic rings. The van der Waals surface area contributed by atoms with Gasteiger partial charge in [0.15, 0.2) is 11.5 Å². The first-order valence-corrected chi connectivity index (χ1v) is 8.14. The number of hydrogen-bond acceptors (Lipinski definition) is 4. The Morgan fingerprint density at radius 3 is 2.82 bits per heavy atom. The molecule has 2 fully saturated rings. The Labute approximate surface area is 142 Å². The summed E-state index contributed by atoms with van der Waals surface area (Å²) >= 11 is 6.31. The second-order valence-corrected chi connectivity index (χ2v) is 6.87. The van der Waals surface area contributed by atoms with Crippen LogP contribution in [-0.4, -0.2) is 37.2 Å². The summed E-state index contributed by atoms with van der Waals surface area (Å²) in [6.07, 6.45) is 2.48. The van der Waals surface area contributed by atoms with E-state index in [1.165, 1.54) is 18.4 Å². The molecule has 1 saturated carbocycles. The Bertz CT molecular complexity index is 555. The van der Waals surface area contributed by atoms with E-state index in [2.05, 4.69) is 11.0 Å².